The van der Waals surface area contributed by atoms with Gasteiger partial charge < -0.3 is 14.6 Å². The molecule has 0 fully saturated rings. The lowest BCUT2D eigenvalue weighted by atomic mass is 10.1. The number of methoxy groups -OCH3 is 1. The molecule has 3 nitrogen and oxygen atoms in total. The lowest BCUT2D eigenvalue weighted by Gasteiger charge is -2.12. The van der Waals surface area contributed by atoms with E-state index in [1.807, 2.05) is 0 Å². The van der Waals surface area contributed by atoms with Crippen molar-refractivity contribution >= 4 is 0 Å². The van der Waals surface area contributed by atoms with Gasteiger partial charge in [0, 0.05) is 20.1 Å². The van der Waals surface area contributed by atoms with Crippen LogP contribution >= 0.6 is 0 Å². The molecule has 1 N–H and O–H groups in total. The van der Waals surface area contributed by atoms with Gasteiger partial charge in [-0.2, -0.15) is 0 Å². The first-order valence-corrected chi connectivity index (χ1v) is 5.35. The molecule has 1 rings (SSSR count). The molecule has 0 aromatic heterocycles. The van der Waals surface area contributed by atoms with Gasteiger partial charge in [-0.05, 0) is 12.1 Å². The quantitative estimate of drug-likeness (QED) is 0.748. The smallest absolute Gasteiger partial charge is 0.131 e. The van der Waals surface area contributed by atoms with Crippen molar-refractivity contribution in [3.05, 3.63) is 35.4 Å². The summed E-state index contributed by atoms with van der Waals surface area (Å²) in [6.07, 6.45) is -1.06. The van der Waals surface area contributed by atoms with Crippen LogP contribution in [0.5, 0.6) is 0 Å². The maximum Gasteiger partial charge on any atom is 0.131 e. The van der Waals surface area contributed by atoms with Crippen LogP contribution in [-0.2, 0) is 9.47 Å². The van der Waals surface area contributed by atoms with Gasteiger partial charge in [-0.3, -0.25) is 0 Å². The predicted molar refractivity (Wildman–Crippen MR) is 58.6 cm³/mol. The average Bonchev–Trinajstić information content (AvgIpc) is 2.28. The van der Waals surface area contributed by atoms with Crippen LogP contribution < -0.4 is 0 Å². The van der Waals surface area contributed by atoms with E-state index >= 15 is 0 Å². The second-order valence-electron chi connectivity index (χ2n) is 3.54. The molecule has 0 saturated carbocycles. The minimum Gasteiger partial charge on any atom is -0.388 e. The third-order valence-corrected chi connectivity index (χ3v) is 2.30. The molecule has 0 aliphatic carbocycles. The Balaban J connectivity index is 2.44. The van der Waals surface area contributed by atoms with E-state index in [4.69, 9.17) is 9.47 Å². The zero-order chi connectivity index (χ0) is 12.7. The zero-order valence-corrected chi connectivity index (χ0v) is 9.66. The Morgan fingerprint density at radius 3 is 2.41 bits per heavy atom. The van der Waals surface area contributed by atoms with E-state index in [1.165, 1.54) is 6.07 Å². The summed E-state index contributed by atoms with van der Waals surface area (Å²) in [4.78, 5) is 0. The van der Waals surface area contributed by atoms with Gasteiger partial charge in [0.25, 0.3) is 0 Å². The summed E-state index contributed by atoms with van der Waals surface area (Å²) in [7, 11) is 1.55. The minimum absolute atomic E-state index is 0.140. The fraction of sp³-hybridized carbons (Fsp3) is 0.500. The van der Waals surface area contributed by atoms with E-state index in [-0.39, 0.29) is 18.6 Å². The molecule has 5 heteroatoms. The molecule has 0 aliphatic heterocycles. The fourth-order valence-corrected chi connectivity index (χ4v) is 1.41. The van der Waals surface area contributed by atoms with Gasteiger partial charge in [0.1, 0.15) is 11.6 Å². The van der Waals surface area contributed by atoms with Crippen molar-refractivity contribution in [3.8, 4) is 0 Å². The van der Waals surface area contributed by atoms with Crippen LogP contribution in [0.3, 0.4) is 0 Å². The highest BCUT2D eigenvalue weighted by atomic mass is 19.1. The van der Waals surface area contributed by atoms with Crippen LogP contribution in [0.15, 0.2) is 18.2 Å². The molecule has 1 unspecified atom stereocenters. The predicted octanol–water partition coefficient (Wildman–Crippen LogP) is 2.05. The van der Waals surface area contributed by atoms with Crippen molar-refractivity contribution in [1.29, 1.82) is 0 Å². The van der Waals surface area contributed by atoms with Crippen LogP contribution in [0.4, 0.5) is 8.78 Å². The van der Waals surface area contributed by atoms with E-state index in [9.17, 15) is 13.9 Å². The first-order chi connectivity index (χ1) is 8.16. The van der Waals surface area contributed by atoms with Crippen LogP contribution in [-0.4, -0.2) is 32.0 Å². The minimum atomic E-state index is -1.20. The van der Waals surface area contributed by atoms with Gasteiger partial charge in [0.2, 0.25) is 0 Å². The van der Waals surface area contributed by atoms with Crippen molar-refractivity contribution in [2.45, 2.75) is 12.5 Å². The van der Waals surface area contributed by atoms with Crippen LogP contribution in [0, 0.1) is 11.6 Å². The Morgan fingerprint density at radius 2 is 1.82 bits per heavy atom. The maximum atomic E-state index is 13.3. The highest BCUT2D eigenvalue weighted by Gasteiger charge is 2.17. The number of halogens is 2. The van der Waals surface area contributed by atoms with E-state index < -0.39 is 17.7 Å². The lowest BCUT2D eigenvalue weighted by molar-refractivity contribution is 0.0460. The first kappa shape index (κ1) is 14.0. The van der Waals surface area contributed by atoms with Crippen molar-refractivity contribution in [3.63, 3.8) is 0 Å². The molecule has 0 spiro atoms. The highest BCUT2D eigenvalue weighted by molar-refractivity contribution is 5.21. The van der Waals surface area contributed by atoms with Gasteiger partial charge in [-0.15, -0.1) is 0 Å². The normalized spacial score (nSPS) is 12.7. The number of aliphatic hydroxyl groups excluding tert-OH is 1. The van der Waals surface area contributed by atoms with Crippen molar-refractivity contribution in [2.75, 3.05) is 26.9 Å². The Labute approximate surface area is 99.0 Å². The number of ether oxygens (including phenoxy) is 2. The zero-order valence-electron chi connectivity index (χ0n) is 9.66. The summed E-state index contributed by atoms with van der Waals surface area (Å²) < 4.78 is 36.4. The highest BCUT2D eigenvalue weighted by Crippen LogP contribution is 2.22. The molecular formula is C12H16F2O3. The van der Waals surface area contributed by atoms with E-state index in [0.717, 1.165) is 12.1 Å². The van der Waals surface area contributed by atoms with Gasteiger partial charge in [-0.25, -0.2) is 8.78 Å². The summed E-state index contributed by atoms with van der Waals surface area (Å²) >= 11 is 0. The average molecular weight is 246 g/mol. The first-order valence-electron chi connectivity index (χ1n) is 5.35. The van der Waals surface area contributed by atoms with E-state index in [0.29, 0.717) is 13.2 Å². The monoisotopic (exact) mass is 246 g/mol. The summed E-state index contributed by atoms with van der Waals surface area (Å²) in [5.41, 5.74) is -0.303. The standard InChI is InChI=1S/C12H16F2O3/c1-16-7-8-17-6-5-11(15)12-9(13)3-2-4-10(12)14/h2-4,11,15H,5-8H2,1H3. The molecule has 17 heavy (non-hydrogen) atoms. The van der Waals surface area contributed by atoms with E-state index in [2.05, 4.69) is 0 Å². The van der Waals surface area contributed by atoms with Crippen molar-refractivity contribution in [1.82, 2.24) is 0 Å². The van der Waals surface area contributed by atoms with Gasteiger partial charge >= 0.3 is 0 Å². The van der Waals surface area contributed by atoms with Crippen LogP contribution in [0.25, 0.3) is 0 Å². The number of benzene rings is 1. The number of rotatable bonds is 7. The third kappa shape index (κ3) is 4.38. The fourth-order valence-electron chi connectivity index (χ4n) is 1.41. The Kier molecular flexibility index (Phi) is 6.04. The SMILES string of the molecule is COCCOCCC(O)c1c(F)cccc1F. The number of hydrogen-bond donors (Lipinski definition) is 1. The molecule has 0 bridgehead atoms. The molecular weight excluding hydrogens is 230 g/mol. The largest absolute Gasteiger partial charge is 0.388 e. The lowest BCUT2D eigenvalue weighted by Crippen LogP contribution is -2.09. The Hall–Kier alpha value is -1.04. The maximum absolute atomic E-state index is 13.3. The van der Waals surface area contributed by atoms with E-state index in [1.54, 1.807) is 7.11 Å². The van der Waals surface area contributed by atoms with Crippen molar-refractivity contribution < 1.29 is 23.4 Å². The summed E-state index contributed by atoms with van der Waals surface area (Å²) in [5.74, 6) is -1.48. The van der Waals surface area contributed by atoms with Crippen LogP contribution in [0.1, 0.15) is 18.1 Å². The van der Waals surface area contributed by atoms with Gasteiger partial charge in [-0.1, -0.05) is 6.07 Å². The molecule has 1 atom stereocenters. The van der Waals surface area contributed by atoms with Gasteiger partial charge in [0.15, 0.2) is 0 Å². The Morgan fingerprint density at radius 1 is 1.18 bits per heavy atom. The second kappa shape index (κ2) is 7.32. The summed E-state index contributed by atoms with van der Waals surface area (Å²) in [6, 6.07) is 3.50. The number of hydrogen-bond acceptors (Lipinski definition) is 3. The van der Waals surface area contributed by atoms with Crippen LogP contribution in [0.2, 0.25) is 0 Å². The Bertz CT molecular complexity index is 324. The molecule has 0 amide bonds. The number of aliphatic hydroxyl groups is 1. The third-order valence-electron chi connectivity index (χ3n) is 2.30. The molecule has 0 aliphatic rings. The summed E-state index contributed by atoms with van der Waals surface area (Å²) in [6.45, 7) is 1.06. The van der Waals surface area contributed by atoms with Gasteiger partial charge in [0.05, 0.1) is 24.9 Å². The van der Waals surface area contributed by atoms with Crippen molar-refractivity contribution in [2.24, 2.45) is 0 Å². The topological polar surface area (TPSA) is 38.7 Å². The molecule has 0 saturated heterocycles. The molecule has 0 radical (unpaired) electrons. The molecule has 1 aromatic carbocycles. The second-order valence-corrected chi connectivity index (χ2v) is 3.54. The molecule has 96 valence electrons. The molecule has 0 heterocycles. The summed E-state index contributed by atoms with van der Waals surface area (Å²) in [5, 5.41) is 9.65. The molecule has 1 aromatic rings.